The third kappa shape index (κ3) is 6.12. The smallest absolute Gasteiger partial charge is 0.238 e. The molecule has 0 fully saturated rings. The molecule has 0 aliphatic rings. The fourth-order valence-electron chi connectivity index (χ4n) is 2.18. The lowest BCUT2D eigenvalue weighted by Gasteiger charge is -2.10. The molecular formula is C16H21N5O3S. The van der Waals surface area contributed by atoms with E-state index in [1.54, 1.807) is 29.2 Å². The van der Waals surface area contributed by atoms with E-state index in [-0.39, 0.29) is 24.0 Å². The summed E-state index contributed by atoms with van der Waals surface area (Å²) in [5, 5.41) is 2.78. The predicted octanol–water partition coefficient (Wildman–Crippen LogP) is 0.770. The molecule has 1 amide bonds. The van der Waals surface area contributed by atoms with Crippen molar-refractivity contribution in [2.45, 2.75) is 5.75 Å². The van der Waals surface area contributed by atoms with Crippen LogP contribution in [0.2, 0.25) is 0 Å². The molecule has 0 spiro atoms. The summed E-state index contributed by atoms with van der Waals surface area (Å²) in [6.45, 7) is 0.287. The van der Waals surface area contributed by atoms with E-state index in [4.69, 9.17) is 5.73 Å². The van der Waals surface area contributed by atoms with Gasteiger partial charge in [0.05, 0.1) is 18.0 Å². The Morgan fingerprint density at radius 3 is 2.40 bits per heavy atom. The van der Waals surface area contributed by atoms with Crippen LogP contribution in [-0.4, -0.2) is 56.1 Å². The van der Waals surface area contributed by atoms with Crippen LogP contribution in [0.15, 0.2) is 30.3 Å². The summed E-state index contributed by atoms with van der Waals surface area (Å²) in [6.07, 6.45) is 1.14. The van der Waals surface area contributed by atoms with Gasteiger partial charge in [0.1, 0.15) is 5.82 Å². The highest BCUT2D eigenvalue weighted by molar-refractivity contribution is 7.89. The molecule has 25 heavy (non-hydrogen) atoms. The first-order valence-electron chi connectivity index (χ1n) is 7.48. The van der Waals surface area contributed by atoms with E-state index in [0.717, 1.165) is 6.26 Å². The molecule has 2 rings (SSSR count). The van der Waals surface area contributed by atoms with Crippen LogP contribution < -0.4 is 11.1 Å². The minimum Gasteiger partial charge on any atom is -0.384 e. The van der Waals surface area contributed by atoms with Gasteiger partial charge in [-0.3, -0.25) is 4.79 Å². The Morgan fingerprint density at radius 2 is 1.84 bits per heavy atom. The fraction of sp³-hybridized carbons (Fsp3) is 0.312. The molecule has 3 N–H and O–H groups in total. The highest BCUT2D eigenvalue weighted by atomic mass is 32.2. The van der Waals surface area contributed by atoms with Crippen molar-refractivity contribution in [2.24, 2.45) is 0 Å². The molecule has 0 radical (unpaired) electrons. The van der Waals surface area contributed by atoms with Gasteiger partial charge in [0, 0.05) is 23.6 Å². The van der Waals surface area contributed by atoms with Crippen LogP contribution in [0, 0.1) is 0 Å². The minimum absolute atomic E-state index is 0.117. The molecule has 9 heteroatoms. The first-order chi connectivity index (χ1) is 11.6. The molecule has 134 valence electrons. The Kier molecular flexibility index (Phi) is 5.70. The molecule has 0 atom stereocenters. The number of nitrogens with zero attached hydrogens (tertiary/aromatic N) is 3. The minimum atomic E-state index is -3.22. The maximum atomic E-state index is 11.7. The number of hydrogen-bond acceptors (Lipinski definition) is 7. The summed E-state index contributed by atoms with van der Waals surface area (Å²) >= 11 is 0. The molecule has 0 unspecified atom stereocenters. The number of nitrogen functional groups attached to an aromatic ring is 1. The summed E-state index contributed by atoms with van der Waals surface area (Å²) < 4.78 is 22.9. The van der Waals surface area contributed by atoms with E-state index >= 15 is 0 Å². The number of sulfone groups is 1. The third-order valence-electron chi connectivity index (χ3n) is 3.10. The standard InChI is InChI=1S/C16H21N5O3S/c1-21(2)9-15(22)18-12-6-4-11(5-7-12)16-19-13(8-14(17)20-16)10-25(3,23)24/h4-8H,9-10H2,1-3H3,(H,18,22)(H2,17,19,20). The summed E-state index contributed by atoms with van der Waals surface area (Å²) in [5.74, 6) is 0.219. The number of rotatable bonds is 6. The fourth-order valence-corrected chi connectivity index (χ4v) is 2.87. The molecule has 1 aromatic carbocycles. The lowest BCUT2D eigenvalue weighted by Crippen LogP contribution is -2.27. The van der Waals surface area contributed by atoms with E-state index < -0.39 is 9.84 Å². The normalized spacial score (nSPS) is 11.5. The van der Waals surface area contributed by atoms with Gasteiger partial charge in [-0.25, -0.2) is 18.4 Å². The largest absolute Gasteiger partial charge is 0.384 e. The zero-order chi connectivity index (χ0) is 18.6. The Balaban J connectivity index is 2.20. The van der Waals surface area contributed by atoms with Crippen molar-refractivity contribution in [3.05, 3.63) is 36.0 Å². The van der Waals surface area contributed by atoms with Crippen molar-refractivity contribution in [1.82, 2.24) is 14.9 Å². The van der Waals surface area contributed by atoms with Crippen LogP contribution in [0.1, 0.15) is 5.69 Å². The van der Waals surface area contributed by atoms with Crippen LogP contribution >= 0.6 is 0 Å². The molecule has 2 aromatic rings. The molecule has 0 aliphatic heterocycles. The summed E-state index contributed by atoms with van der Waals surface area (Å²) in [6, 6.07) is 8.38. The van der Waals surface area contributed by atoms with Gasteiger partial charge in [-0.1, -0.05) is 0 Å². The highest BCUT2D eigenvalue weighted by Crippen LogP contribution is 2.20. The SMILES string of the molecule is CN(C)CC(=O)Nc1ccc(-c2nc(N)cc(CS(C)(=O)=O)n2)cc1. The van der Waals surface area contributed by atoms with Gasteiger partial charge in [0.15, 0.2) is 15.7 Å². The van der Waals surface area contributed by atoms with E-state index in [9.17, 15) is 13.2 Å². The van der Waals surface area contributed by atoms with Gasteiger partial charge in [-0.15, -0.1) is 0 Å². The Morgan fingerprint density at radius 1 is 1.20 bits per heavy atom. The molecular weight excluding hydrogens is 342 g/mol. The van der Waals surface area contributed by atoms with Crippen molar-refractivity contribution in [3.63, 3.8) is 0 Å². The highest BCUT2D eigenvalue weighted by Gasteiger charge is 2.11. The van der Waals surface area contributed by atoms with Gasteiger partial charge in [-0.2, -0.15) is 0 Å². The monoisotopic (exact) mass is 363 g/mol. The van der Waals surface area contributed by atoms with Gasteiger partial charge in [0.25, 0.3) is 0 Å². The molecule has 1 heterocycles. The number of aromatic nitrogens is 2. The average Bonchev–Trinajstić information content (AvgIpc) is 2.44. The van der Waals surface area contributed by atoms with Crippen molar-refractivity contribution in [1.29, 1.82) is 0 Å². The van der Waals surface area contributed by atoms with Crippen LogP contribution in [0.4, 0.5) is 11.5 Å². The molecule has 0 saturated heterocycles. The number of anilines is 2. The molecule has 1 aromatic heterocycles. The maximum Gasteiger partial charge on any atom is 0.238 e. The molecule has 0 aliphatic carbocycles. The van der Waals surface area contributed by atoms with E-state index in [0.29, 0.717) is 22.8 Å². The lowest BCUT2D eigenvalue weighted by atomic mass is 10.2. The van der Waals surface area contributed by atoms with Gasteiger partial charge < -0.3 is 16.0 Å². The molecule has 0 saturated carbocycles. The van der Waals surface area contributed by atoms with Crippen LogP contribution in [0.5, 0.6) is 0 Å². The first kappa shape index (κ1) is 18.8. The second kappa shape index (κ2) is 7.58. The number of carbonyl (C=O) groups excluding carboxylic acids is 1. The summed E-state index contributed by atoms with van der Waals surface area (Å²) in [7, 11) is 0.406. The quantitative estimate of drug-likeness (QED) is 0.778. The zero-order valence-electron chi connectivity index (χ0n) is 14.4. The number of hydrogen-bond donors (Lipinski definition) is 2. The second-order valence-electron chi connectivity index (χ2n) is 6.04. The van der Waals surface area contributed by atoms with Crippen LogP contribution in [-0.2, 0) is 20.4 Å². The number of amides is 1. The van der Waals surface area contributed by atoms with Crippen LogP contribution in [0.25, 0.3) is 11.4 Å². The van der Waals surface area contributed by atoms with Crippen molar-refractivity contribution in [2.75, 3.05) is 37.9 Å². The number of carbonyl (C=O) groups is 1. The summed E-state index contributed by atoms with van der Waals surface area (Å²) in [4.78, 5) is 21.9. The van der Waals surface area contributed by atoms with Crippen molar-refractivity contribution >= 4 is 27.2 Å². The Labute approximate surface area is 147 Å². The lowest BCUT2D eigenvalue weighted by molar-refractivity contribution is -0.116. The topological polar surface area (TPSA) is 118 Å². The zero-order valence-corrected chi connectivity index (χ0v) is 15.2. The van der Waals surface area contributed by atoms with Crippen molar-refractivity contribution < 1.29 is 13.2 Å². The van der Waals surface area contributed by atoms with E-state index in [2.05, 4.69) is 15.3 Å². The Bertz CT molecular complexity index is 864. The van der Waals surface area contributed by atoms with Gasteiger partial charge in [-0.05, 0) is 38.4 Å². The summed E-state index contributed by atoms with van der Waals surface area (Å²) in [5.41, 5.74) is 7.41. The molecule has 0 bridgehead atoms. The van der Waals surface area contributed by atoms with Crippen LogP contribution in [0.3, 0.4) is 0 Å². The average molecular weight is 363 g/mol. The second-order valence-corrected chi connectivity index (χ2v) is 8.18. The van der Waals surface area contributed by atoms with E-state index in [1.807, 2.05) is 14.1 Å². The number of nitrogens with two attached hydrogens (primary N) is 1. The van der Waals surface area contributed by atoms with Gasteiger partial charge in [0.2, 0.25) is 5.91 Å². The third-order valence-corrected chi connectivity index (χ3v) is 3.92. The van der Waals surface area contributed by atoms with Crippen molar-refractivity contribution in [3.8, 4) is 11.4 Å². The van der Waals surface area contributed by atoms with Gasteiger partial charge >= 0.3 is 0 Å². The number of benzene rings is 1. The number of likely N-dealkylation sites (N-methyl/N-ethyl adjacent to an activating group) is 1. The maximum absolute atomic E-state index is 11.7. The predicted molar refractivity (Wildman–Crippen MR) is 97.6 cm³/mol. The Hall–Kier alpha value is -2.52. The molecule has 8 nitrogen and oxygen atoms in total. The number of nitrogens with one attached hydrogen (secondary N) is 1. The van der Waals surface area contributed by atoms with E-state index in [1.165, 1.54) is 6.07 Å². The first-order valence-corrected chi connectivity index (χ1v) is 9.54.